The molecule has 1 heteroatoms. The lowest BCUT2D eigenvalue weighted by Crippen LogP contribution is -1.91. The zero-order valence-electron chi connectivity index (χ0n) is 11.1. The molecule has 0 fully saturated rings. The van der Waals surface area contributed by atoms with E-state index >= 15 is 0 Å². The first-order chi connectivity index (χ1) is 9.84. The average molecular weight is 259 g/mol. The average Bonchev–Trinajstić information content (AvgIpc) is 2.51. The number of ether oxygens (including phenoxy) is 1. The lowest BCUT2D eigenvalue weighted by Gasteiger charge is -2.14. The molecule has 3 aromatic rings. The lowest BCUT2D eigenvalue weighted by molar-refractivity contribution is 0.482. The molecule has 0 amide bonds. The Hall–Kier alpha value is -2.54. The molecule has 97 valence electrons. The summed E-state index contributed by atoms with van der Waals surface area (Å²) in [5, 5.41) is 0. The van der Waals surface area contributed by atoms with Gasteiger partial charge in [-0.25, -0.2) is 0 Å². The molecule has 0 saturated carbocycles. The number of rotatable bonds is 3. The van der Waals surface area contributed by atoms with Crippen LogP contribution in [0.5, 0.6) is 11.5 Å². The predicted molar refractivity (Wildman–Crippen MR) is 82.9 cm³/mol. The van der Waals surface area contributed by atoms with Gasteiger partial charge in [-0.2, -0.15) is 0 Å². The third kappa shape index (κ3) is 2.57. The van der Waals surface area contributed by atoms with Gasteiger partial charge in [0.2, 0.25) is 0 Å². The summed E-state index contributed by atoms with van der Waals surface area (Å²) in [5.41, 5.74) is 3.07. The molecule has 1 nitrogen and oxygen atoms in total. The lowest BCUT2D eigenvalue weighted by atomic mass is 10.0. The van der Waals surface area contributed by atoms with E-state index in [2.05, 4.69) is 25.1 Å². The Bertz CT molecular complexity index is 687. The summed E-state index contributed by atoms with van der Waals surface area (Å²) in [7, 11) is 0. The maximum atomic E-state index is 6.03. The van der Waals surface area contributed by atoms with Gasteiger partial charge in [0, 0.05) is 5.56 Å². The second-order valence-electron chi connectivity index (χ2n) is 4.57. The van der Waals surface area contributed by atoms with Gasteiger partial charge >= 0.3 is 0 Å². The molecular weight excluding hydrogens is 244 g/mol. The maximum absolute atomic E-state index is 6.03. The van der Waals surface area contributed by atoms with E-state index in [0.717, 1.165) is 28.2 Å². The predicted octanol–water partition coefficient (Wildman–Crippen LogP) is 5.33. The van der Waals surface area contributed by atoms with Crippen molar-refractivity contribution < 1.29 is 4.74 Å². The SMILES string of the molecule is [CH2]c1cccc(-c2ccccc2)c1Oc1ccccc1. The van der Waals surface area contributed by atoms with Crippen molar-refractivity contribution in [3.8, 4) is 22.6 Å². The van der Waals surface area contributed by atoms with Crippen molar-refractivity contribution in [3.05, 3.63) is 91.3 Å². The number of para-hydroxylation sites is 2. The van der Waals surface area contributed by atoms with Gasteiger partial charge in [0.25, 0.3) is 0 Å². The van der Waals surface area contributed by atoms with E-state index in [-0.39, 0.29) is 0 Å². The Labute approximate surface area is 119 Å². The Morgan fingerprint density at radius 1 is 0.650 bits per heavy atom. The minimum absolute atomic E-state index is 0.810. The van der Waals surface area contributed by atoms with E-state index in [4.69, 9.17) is 4.74 Å². The molecule has 0 unspecified atom stereocenters. The van der Waals surface area contributed by atoms with Crippen molar-refractivity contribution in [2.75, 3.05) is 0 Å². The van der Waals surface area contributed by atoms with Gasteiger partial charge < -0.3 is 4.74 Å². The van der Waals surface area contributed by atoms with Crippen LogP contribution >= 0.6 is 0 Å². The molecule has 1 radical (unpaired) electrons. The highest BCUT2D eigenvalue weighted by molar-refractivity contribution is 5.73. The minimum Gasteiger partial charge on any atom is -0.456 e. The first-order valence-electron chi connectivity index (χ1n) is 6.58. The van der Waals surface area contributed by atoms with Crippen LogP contribution in [0.2, 0.25) is 0 Å². The molecule has 0 aromatic heterocycles. The molecule has 0 aliphatic heterocycles. The summed E-state index contributed by atoms with van der Waals surface area (Å²) in [6.45, 7) is 4.08. The summed E-state index contributed by atoms with van der Waals surface area (Å²) in [6.07, 6.45) is 0. The highest BCUT2D eigenvalue weighted by Crippen LogP contribution is 2.35. The highest BCUT2D eigenvalue weighted by atomic mass is 16.5. The number of benzene rings is 3. The molecule has 0 bridgehead atoms. The molecule has 0 spiro atoms. The van der Waals surface area contributed by atoms with Gasteiger partial charge in [0.1, 0.15) is 11.5 Å². The largest absolute Gasteiger partial charge is 0.456 e. The fourth-order valence-electron chi connectivity index (χ4n) is 2.16. The van der Waals surface area contributed by atoms with Gasteiger partial charge in [-0.3, -0.25) is 0 Å². The summed E-state index contributed by atoms with van der Waals surface area (Å²) in [6, 6.07) is 26.0. The molecule has 0 saturated heterocycles. The minimum atomic E-state index is 0.810. The molecule has 0 heterocycles. The van der Waals surface area contributed by atoms with Crippen LogP contribution in [0.4, 0.5) is 0 Å². The van der Waals surface area contributed by atoms with E-state index in [1.54, 1.807) is 0 Å². The third-order valence-electron chi connectivity index (χ3n) is 3.14. The fraction of sp³-hybridized carbons (Fsp3) is 0. The van der Waals surface area contributed by atoms with E-state index in [1.807, 2.05) is 60.7 Å². The van der Waals surface area contributed by atoms with Crippen LogP contribution in [0, 0.1) is 6.92 Å². The molecule has 0 N–H and O–H groups in total. The molecule has 0 aliphatic rings. The first-order valence-corrected chi connectivity index (χ1v) is 6.58. The molecule has 0 atom stereocenters. The van der Waals surface area contributed by atoms with Crippen LogP contribution in [0.25, 0.3) is 11.1 Å². The van der Waals surface area contributed by atoms with Crippen LogP contribution < -0.4 is 4.74 Å². The van der Waals surface area contributed by atoms with Gasteiger partial charge in [-0.1, -0.05) is 66.7 Å². The smallest absolute Gasteiger partial charge is 0.138 e. The van der Waals surface area contributed by atoms with Crippen LogP contribution in [0.3, 0.4) is 0 Å². The quantitative estimate of drug-likeness (QED) is 0.618. The molecular formula is C19H15O. The van der Waals surface area contributed by atoms with Crippen molar-refractivity contribution in [3.63, 3.8) is 0 Å². The fourth-order valence-corrected chi connectivity index (χ4v) is 2.16. The summed E-state index contributed by atoms with van der Waals surface area (Å²) < 4.78 is 6.03. The van der Waals surface area contributed by atoms with Gasteiger partial charge in [-0.15, -0.1) is 0 Å². The van der Waals surface area contributed by atoms with Gasteiger partial charge in [0.15, 0.2) is 0 Å². The number of hydrogen-bond acceptors (Lipinski definition) is 1. The van der Waals surface area contributed by atoms with Crippen LogP contribution in [0.1, 0.15) is 5.56 Å². The van der Waals surface area contributed by atoms with Crippen molar-refractivity contribution in [2.24, 2.45) is 0 Å². The Balaban J connectivity index is 2.06. The van der Waals surface area contributed by atoms with Crippen molar-refractivity contribution in [1.29, 1.82) is 0 Å². The summed E-state index contributed by atoms with van der Waals surface area (Å²) in [5.74, 6) is 1.63. The Morgan fingerprint density at radius 2 is 1.30 bits per heavy atom. The van der Waals surface area contributed by atoms with E-state index in [1.165, 1.54) is 0 Å². The van der Waals surface area contributed by atoms with Crippen molar-refractivity contribution in [1.82, 2.24) is 0 Å². The second kappa shape index (κ2) is 5.62. The van der Waals surface area contributed by atoms with Crippen molar-refractivity contribution in [2.45, 2.75) is 0 Å². The second-order valence-corrected chi connectivity index (χ2v) is 4.57. The normalized spacial score (nSPS) is 10.2. The van der Waals surface area contributed by atoms with Crippen LogP contribution in [-0.2, 0) is 0 Å². The Kier molecular flexibility index (Phi) is 3.51. The molecule has 3 aromatic carbocycles. The van der Waals surface area contributed by atoms with Crippen LogP contribution in [-0.4, -0.2) is 0 Å². The summed E-state index contributed by atoms with van der Waals surface area (Å²) >= 11 is 0. The maximum Gasteiger partial charge on any atom is 0.138 e. The first kappa shape index (κ1) is 12.5. The zero-order valence-corrected chi connectivity index (χ0v) is 11.1. The molecule has 3 rings (SSSR count). The summed E-state index contributed by atoms with van der Waals surface area (Å²) in [4.78, 5) is 0. The van der Waals surface area contributed by atoms with E-state index in [0.29, 0.717) is 0 Å². The number of hydrogen-bond donors (Lipinski definition) is 0. The van der Waals surface area contributed by atoms with E-state index < -0.39 is 0 Å². The zero-order chi connectivity index (χ0) is 13.8. The van der Waals surface area contributed by atoms with Crippen LogP contribution in [0.15, 0.2) is 78.9 Å². The highest BCUT2D eigenvalue weighted by Gasteiger charge is 2.09. The van der Waals surface area contributed by atoms with E-state index in [9.17, 15) is 0 Å². The molecule has 0 aliphatic carbocycles. The molecule has 20 heavy (non-hydrogen) atoms. The van der Waals surface area contributed by atoms with Gasteiger partial charge in [-0.05, 0) is 30.2 Å². The monoisotopic (exact) mass is 259 g/mol. The standard InChI is InChI=1S/C19H15O/c1-15-9-8-14-18(16-10-4-2-5-11-16)19(15)20-17-12-6-3-7-13-17/h2-14H,1H2. The van der Waals surface area contributed by atoms with Gasteiger partial charge in [0.05, 0.1) is 0 Å². The van der Waals surface area contributed by atoms with Crippen molar-refractivity contribution >= 4 is 0 Å². The topological polar surface area (TPSA) is 9.23 Å². The third-order valence-corrected chi connectivity index (χ3v) is 3.14. The Morgan fingerprint density at radius 3 is 2.00 bits per heavy atom.